The van der Waals surface area contributed by atoms with Crippen LogP contribution in [0.3, 0.4) is 0 Å². The molecule has 33 heavy (non-hydrogen) atoms. The molecule has 0 aromatic heterocycles. The molecule has 2 aliphatic rings. The van der Waals surface area contributed by atoms with Crippen LogP contribution in [-0.4, -0.2) is 27.8 Å². The summed E-state index contributed by atoms with van der Waals surface area (Å²) in [6.07, 6.45) is 0.780. The second-order valence-electron chi connectivity index (χ2n) is 8.42. The third-order valence-electron chi connectivity index (χ3n) is 6.09. The minimum Gasteiger partial charge on any atom is -0.507 e. The van der Waals surface area contributed by atoms with Crippen molar-refractivity contribution >= 4 is 29.1 Å². The van der Waals surface area contributed by atoms with Gasteiger partial charge >= 0.3 is 0 Å². The molecule has 2 atom stereocenters. The predicted octanol–water partition coefficient (Wildman–Crippen LogP) is 5.29. The van der Waals surface area contributed by atoms with E-state index in [9.17, 15) is 14.7 Å². The minimum atomic E-state index is -0.731. The molecule has 1 fully saturated rings. The normalized spacial score (nSPS) is 21.2. The van der Waals surface area contributed by atoms with Crippen LogP contribution in [0.1, 0.15) is 35.2 Å². The van der Waals surface area contributed by atoms with Crippen LogP contribution in [0.2, 0.25) is 5.02 Å². The number of nitrogens with zero attached hydrogens (tertiary/aromatic N) is 1. The number of aliphatic hydroxyl groups is 1. The molecular weight excluding hydrogens is 438 g/mol. The number of rotatable bonds is 4. The lowest BCUT2D eigenvalue weighted by molar-refractivity contribution is -0.140. The second kappa shape index (κ2) is 8.41. The van der Waals surface area contributed by atoms with Gasteiger partial charge in [0.05, 0.1) is 11.6 Å². The lowest BCUT2D eigenvalue weighted by atomic mass is 9.94. The van der Waals surface area contributed by atoms with E-state index in [0.29, 0.717) is 16.1 Å². The van der Waals surface area contributed by atoms with Crippen molar-refractivity contribution in [3.8, 4) is 5.75 Å². The predicted molar refractivity (Wildman–Crippen MR) is 126 cm³/mol. The molecule has 1 N–H and O–H groups in total. The fourth-order valence-electron chi connectivity index (χ4n) is 4.54. The highest BCUT2D eigenvalue weighted by Crippen LogP contribution is 2.41. The van der Waals surface area contributed by atoms with Crippen molar-refractivity contribution in [3.05, 3.63) is 106 Å². The molecule has 0 unspecified atom stereocenters. The molecule has 3 aromatic carbocycles. The SMILES string of the molecule is C[C@H]1Cc2cc(C(O)=C3C(=O)C(=O)N(Cc4ccccc4)[C@@H]3c3ccc(Cl)cc3)ccc2O1. The average Bonchev–Trinajstić information content (AvgIpc) is 3.31. The van der Waals surface area contributed by atoms with E-state index in [4.69, 9.17) is 16.3 Å². The summed E-state index contributed by atoms with van der Waals surface area (Å²) >= 11 is 6.08. The lowest BCUT2D eigenvalue weighted by Gasteiger charge is -2.25. The zero-order valence-corrected chi connectivity index (χ0v) is 18.8. The monoisotopic (exact) mass is 459 g/mol. The van der Waals surface area contributed by atoms with Crippen molar-refractivity contribution in [1.82, 2.24) is 4.90 Å². The Kier molecular flexibility index (Phi) is 5.43. The van der Waals surface area contributed by atoms with Crippen molar-refractivity contribution in [3.63, 3.8) is 0 Å². The lowest BCUT2D eigenvalue weighted by Crippen LogP contribution is -2.29. The van der Waals surface area contributed by atoms with Gasteiger partial charge < -0.3 is 14.7 Å². The molecule has 5 rings (SSSR count). The number of carbonyl (C=O) groups excluding carboxylic acids is 2. The minimum absolute atomic E-state index is 0.0583. The molecule has 2 aliphatic heterocycles. The third-order valence-corrected chi connectivity index (χ3v) is 6.34. The number of carbonyl (C=O) groups is 2. The van der Waals surface area contributed by atoms with Crippen molar-refractivity contribution in [2.75, 3.05) is 0 Å². The number of benzene rings is 3. The molecule has 0 aliphatic carbocycles. The van der Waals surface area contributed by atoms with E-state index in [1.54, 1.807) is 36.4 Å². The first-order valence-corrected chi connectivity index (χ1v) is 11.2. The Hall–Kier alpha value is -3.57. The number of ketones is 1. The van der Waals surface area contributed by atoms with Crippen molar-refractivity contribution in [2.24, 2.45) is 0 Å². The fourth-order valence-corrected chi connectivity index (χ4v) is 4.67. The van der Waals surface area contributed by atoms with Gasteiger partial charge in [0.1, 0.15) is 17.6 Å². The smallest absolute Gasteiger partial charge is 0.295 e. The number of aliphatic hydroxyl groups excluding tert-OH is 1. The summed E-state index contributed by atoms with van der Waals surface area (Å²) in [6, 6.07) is 21.1. The van der Waals surface area contributed by atoms with Gasteiger partial charge in [-0.1, -0.05) is 54.1 Å². The van der Waals surface area contributed by atoms with E-state index in [0.717, 1.165) is 23.3 Å². The number of likely N-dealkylation sites (tertiary alicyclic amines) is 1. The summed E-state index contributed by atoms with van der Waals surface area (Å²) in [4.78, 5) is 27.8. The third kappa shape index (κ3) is 3.89. The molecule has 166 valence electrons. The Labute approximate surface area is 196 Å². The van der Waals surface area contributed by atoms with Crippen molar-refractivity contribution in [2.45, 2.75) is 32.0 Å². The molecule has 1 saturated heterocycles. The van der Waals surface area contributed by atoms with Gasteiger partial charge in [-0.25, -0.2) is 0 Å². The molecule has 3 aromatic rings. The number of halogens is 1. The number of hydrogen-bond donors (Lipinski definition) is 1. The molecule has 0 radical (unpaired) electrons. The van der Waals surface area contributed by atoms with Crippen LogP contribution in [0.15, 0.2) is 78.4 Å². The highest BCUT2D eigenvalue weighted by Gasteiger charge is 2.46. The molecule has 6 heteroatoms. The molecule has 0 saturated carbocycles. The Morgan fingerprint density at radius 3 is 2.52 bits per heavy atom. The van der Waals surface area contributed by atoms with Gasteiger partial charge in [0.25, 0.3) is 11.7 Å². The number of Topliss-reactive ketones (excluding diaryl/α,β-unsaturated/α-hetero) is 1. The molecular formula is C27H22ClNO4. The standard InChI is InChI=1S/C27H22ClNO4/c1-16-13-20-14-19(9-12-22(20)33-16)25(30)23-24(18-7-10-21(28)11-8-18)29(27(32)26(23)31)15-17-5-3-2-4-6-17/h2-12,14,16,24,30H,13,15H2,1H3/t16-,24+/m0/s1. The van der Waals surface area contributed by atoms with Gasteiger partial charge in [0.15, 0.2) is 0 Å². The largest absolute Gasteiger partial charge is 0.507 e. The van der Waals surface area contributed by atoms with Gasteiger partial charge in [0, 0.05) is 23.6 Å². The summed E-state index contributed by atoms with van der Waals surface area (Å²) in [6.45, 7) is 2.22. The van der Waals surface area contributed by atoms with Gasteiger partial charge in [-0.05, 0) is 53.9 Å². The van der Waals surface area contributed by atoms with Crippen LogP contribution in [0.4, 0.5) is 0 Å². The Balaban J connectivity index is 1.62. The van der Waals surface area contributed by atoms with Gasteiger partial charge in [-0.3, -0.25) is 9.59 Å². The van der Waals surface area contributed by atoms with Crippen LogP contribution in [-0.2, 0) is 22.6 Å². The van der Waals surface area contributed by atoms with E-state index in [1.165, 1.54) is 4.90 Å². The van der Waals surface area contributed by atoms with Gasteiger partial charge in [0.2, 0.25) is 0 Å². The van der Waals surface area contributed by atoms with Crippen LogP contribution >= 0.6 is 11.6 Å². The number of hydrogen-bond acceptors (Lipinski definition) is 4. The molecule has 1 amide bonds. The summed E-state index contributed by atoms with van der Waals surface area (Å²) in [5, 5.41) is 11.8. The Bertz CT molecular complexity index is 1270. The first-order chi connectivity index (χ1) is 15.9. The van der Waals surface area contributed by atoms with Gasteiger partial charge in [-0.2, -0.15) is 0 Å². The van der Waals surface area contributed by atoms with E-state index in [1.807, 2.05) is 43.3 Å². The summed E-state index contributed by atoms with van der Waals surface area (Å²) in [5.41, 5.74) is 3.12. The number of amides is 1. The zero-order valence-electron chi connectivity index (χ0n) is 18.0. The second-order valence-corrected chi connectivity index (χ2v) is 8.86. The summed E-state index contributed by atoms with van der Waals surface area (Å²) in [5.74, 6) is -0.754. The van der Waals surface area contributed by atoms with E-state index >= 15 is 0 Å². The van der Waals surface area contributed by atoms with E-state index < -0.39 is 17.7 Å². The molecule has 5 nitrogen and oxygen atoms in total. The van der Waals surface area contributed by atoms with Crippen LogP contribution < -0.4 is 4.74 Å². The summed E-state index contributed by atoms with van der Waals surface area (Å²) in [7, 11) is 0. The molecule has 0 spiro atoms. The maximum atomic E-state index is 13.2. The Morgan fingerprint density at radius 2 is 1.79 bits per heavy atom. The Morgan fingerprint density at radius 1 is 1.06 bits per heavy atom. The quantitative estimate of drug-likeness (QED) is 0.327. The fraction of sp³-hybridized carbons (Fsp3) is 0.185. The first kappa shape index (κ1) is 21.3. The van der Waals surface area contributed by atoms with E-state index in [2.05, 4.69) is 0 Å². The maximum Gasteiger partial charge on any atom is 0.295 e. The average molecular weight is 460 g/mol. The topological polar surface area (TPSA) is 66.8 Å². The first-order valence-electron chi connectivity index (χ1n) is 10.8. The molecule has 2 heterocycles. The zero-order chi connectivity index (χ0) is 23.1. The van der Waals surface area contributed by atoms with Gasteiger partial charge in [-0.15, -0.1) is 0 Å². The summed E-state index contributed by atoms with van der Waals surface area (Å²) < 4.78 is 5.75. The highest BCUT2D eigenvalue weighted by molar-refractivity contribution is 6.46. The van der Waals surface area contributed by atoms with Crippen molar-refractivity contribution in [1.29, 1.82) is 0 Å². The van der Waals surface area contributed by atoms with Crippen molar-refractivity contribution < 1.29 is 19.4 Å². The van der Waals surface area contributed by atoms with Crippen LogP contribution in [0.5, 0.6) is 5.75 Å². The van der Waals surface area contributed by atoms with Crippen LogP contribution in [0.25, 0.3) is 5.76 Å². The number of fused-ring (bicyclic) bond motifs is 1. The highest BCUT2D eigenvalue weighted by atomic mass is 35.5. The molecule has 0 bridgehead atoms. The maximum absolute atomic E-state index is 13.2. The van der Waals surface area contributed by atoms with Crippen LogP contribution in [0, 0.1) is 0 Å². The van der Waals surface area contributed by atoms with E-state index in [-0.39, 0.29) is 24.0 Å². The number of ether oxygens (including phenoxy) is 1.